The average Bonchev–Trinajstić information content (AvgIpc) is 2.61. The average molecular weight is 370 g/mol. The molecule has 1 aromatic heterocycles. The highest BCUT2D eigenvalue weighted by Crippen LogP contribution is 2.38. The van der Waals surface area contributed by atoms with Crippen molar-refractivity contribution in [1.82, 2.24) is 10.2 Å². The number of carbonyl (C=O) groups is 1. The Hall–Kier alpha value is -2.18. The van der Waals surface area contributed by atoms with Gasteiger partial charge < -0.3 is 14.8 Å². The van der Waals surface area contributed by atoms with Gasteiger partial charge in [0.05, 0.1) is 11.5 Å². The number of rotatable bonds is 2. The number of hydrogen-bond acceptors (Lipinski definition) is 5. The Morgan fingerprint density at radius 1 is 1.30 bits per heavy atom. The molecule has 2 fully saturated rings. The van der Waals surface area contributed by atoms with Crippen LogP contribution in [0, 0.1) is 19.3 Å². The first-order valence-corrected chi connectivity index (χ1v) is 9.62. The summed E-state index contributed by atoms with van der Waals surface area (Å²) in [5, 5.41) is 14.4. The highest BCUT2D eigenvalue weighted by Gasteiger charge is 2.49. The maximum absolute atomic E-state index is 12.6. The third-order valence-corrected chi connectivity index (χ3v) is 6.05. The molecule has 0 bridgehead atoms. The van der Waals surface area contributed by atoms with Gasteiger partial charge in [0.2, 0.25) is 5.91 Å². The number of likely N-dealkylation sites (tertiary alicyclic amines) is 1. The molecule has 4 rings (SSSR count). The number of carbonyl (C=O) groups excluding carboxylic acids is 1. The minimum atomic E-state index is -0.739. The first kappa shape index (κ1) is 18.2. The van der Waals surface area contributed by atoms with Crippen molar-refractivity contribution < 1.29 is 14.3 Å². The third kappa shape index (κ3) is 3.17. The molecule has 0 saturated carbocycles. The van der Waals surface area contributed by atoms with Crippen molar-refractivity contribution in [2.24, 2.45) is 5.41 Å². The van der Waals surface area contributed by atoms with Gasteiger partial charge in [0, 0.05) is 37.6 Å². The smallest absolute Gasteiger partial charge is 0.336 e. The second kappa shape index (κ2) is 6.77. The monoisotopic (exact) mass is 370 g/mol. The summed E-state index contributed by atoms with van der Waals surface area (Å²) in [5.41, 5.74) is 2.51. The second-order valence-electron chi connectivity index (χ2n) is 8.08. The predicted octanol–water partition coefficient (Wildman–Crippen LogP) is 1.87. The number of nitrogens with zero attached hydrogens (tertiary/aromatic N) is 1. The van der Waals surface area contributed by atoms with Gasteiger partial charge in [0.1, 0.15) is 5.58 Å². The second-order valence-corrected chi connectivity index (χ2v) is 8.08. The Balaban J connectivity index is 1.68. The first-order valence-electron chi connectivity index (χ1n) is 9.62. The van der Waals surface area contributed by atoms with Crippen LogP contribution in [0.5, 0.6) is 0 Å². The normalized spacial score (nSPS) is 26.5. The van der Waals surface area contributed by atoms with E-state index in [4.69, 9.17) is 4.42 Å². The van der Waals surface area contributed by atoms with Gasteiger partial charge >= 0.3 is 5.63 Å². The Bertz CT molecular complexity index is 951. The Morgan fingerprint density at radius 2 is 2.11 bits per heavy atom. The summed E-state index contributed by atoms with van der Waals surface area (Å²) in [5.74, 6) is -0.0462. The molecule has 0 aliphatic carbocycles. The summed E-state index contributed by atoms with van der Waals surface area (Å²) in [7, 11) is 0. The summed E-state index contributed by atoms with van der Waals surface area (Å²) in [4.78, 5) is 26.8. The van der Waals surface area contributed by atoms with Crippen LogP contribution in [-0.2, 0) is 11.3 Å². The lowest BCUT2D eigenvalue weighted by Gasteiger charge is -2.47. The minimum absolute atomic E-state index is 0.0462. The van der Waals surface area contributed by atoms with Crippen LogP contribution in [-0.4, -0.2) is 41.7 Å². The SMILES string of the molecule is Cc1cc(C)c2oc(=O)cc(CN3CC[C@H](O)[C@@]4(CCCNC4=O)C3)c2c1. The number of benzene rings is 1. The van der Waals surface area contributed by atoms with Crippen LogP contribution in [0.4, 0.5) is 0 Å². The fraction of sp³-hybridized carbons (Fsp3) is 0.524. The van der Waals surface area contributed by atoms with E-state index in [-0.39, 0.29) is 11.5 Å². The van der Waals surface area contributed by atoms with E-state index in [1.165, 1.54) is 0 Å². The quantitative estimate of drug-likeness (QED) is 0.789. The lowest BCUT2D eigenvalue weighted by molar-refractivity contribution is -0.149. The van der Waals surface area contributed by atoms with Crippen molar-refractivity contribution in [3.63, 3.8) is 0 Å². The van der Waals surface area contributed by atoms with Crippen LogP contribution < -0.4 is 10.9 Å². The molecular formula is C21H26N2O4. The third-order valence-electron chi connectivity index (χ3n) is 6.05. The molecule has 2 aromatic rings. The number of hydrogen-bond donors (Lipinski definition) is 2. The number of amides is 1. The molecule has 27 heavy (non-hydrogen) atoms. The summed E-state index contributed by atoms with van der Waals surface area (Å²) < 4.78 is 5.44. The van der Waals surface area contributed by atoms with Crippen molar-refractivity contribution in [3.05, 3.63) is 45.3 Å². The van der Waals surface area contributed by atoms with Gasteiger partial charge in [-0.15, -0.1) is 0 Å². The van der Waals surface area contributed by atoms with Crippen LogP contribution in [0.1, 0.15) is 36.0 Å². The molecule has 144 valence electrons. The molecule has 6 nitrogen and oxygen atoms in total. The molecule has 6 heteroatoms. The van der Waals surface area contributed by atoms with Gasteiger partial charge in [-0.05, 0) is 55.9 Å². The molecule has 1 aromatic carbocycles. The molecule has 2 atom stereocenters. The predicted molar refractivity (Wildman–Crippen MR) is 103 cm³/mol. The maximum atomic E-state index is 12.6. The van der Waals surface area contributed by atoms with E-state index in [9.17, 15) is 14.7 Å². The summed E-state index contributed by atoms with van der Waals surface area (Å²) in [6, 6.07) is 5.61. The van der Waals surface area contributed by atoms with Gasteiger partial charge in [-0.2, -0.15) is 0 Å². The molecule has 2 N–H and O–H groups in total. The highest BCUT2D eigenvalue weighted by atomic mass is 16.4. The van der Waals surface area contributed by atoms with Crippen LogP contribution in [0.15, 0.2) is 27.4 Å². The first-order chi connectivity index (χ1) is 12.9. The Kier molecular flexibility index (Phi) is 4.56. The molecular weight excluding hydrogens is 344 g/mol. The van der Waals surface area contributed by atoms with Crippen LogP contribution in [0.25, 0.3) is 11.0 Å². The number of nitrogens with one attached hydrogen (secondary N) is 1. The number of fused-ring (bicyclic) bond motifs is 1. The topological polar surface area (TPSA) is 82.8 Å². The lowest BCUT2D eigenvalue weighted by Crippen LogP contribution is -2.61. The van der Waals surface area contributed by atoms with Gasteiger partial charge in [-0.25, -0.2) is 4.79 Å². The van der Waals surface area contributed by atoms with E-state index < -0.39 is 11.5 Å². The van der Waals surface area contributed by atoms with Crippen molar-refractivity contribution in [1.29, 1.82) is 0 Å². The van der Waals surface area contributed by atoms with E-state index in [1.807, 2.05) is 26.0 Å². The Labute approximate surface area is 158 Å². The zero-order valence-corrected chi connectivity index (χ0v) is 15.9. The highest BCUT2D eigenvalue weighted by molar-refractivity contribution is 5.85. The van der Waals surface area contributed by atoms with Gasteiger partial charge in [-0.1, -0.05) is 6.07 Å². The van der Waals surface area contributed by atoms with Gasteiger partial charge in [0.15, 0.2) is 0 Å². The molecule has 3 heterocycles. The zero-order valence-electron chi connectivity index (χ0n) is 15.9. The molecule has 2 aliphatic rings. The molecule has 2 aliphatic heterocycles. The number of aliphatic hydroxyl groups is 1. The van der Waals surface area contributed by atoms with E-state index in [1.54, 1.807) is 6.07 Å². The largest absolute Gasteiger partial charge is 0.422 e. The summed E-state index contributed by atoms with van der Waals surface area (Å²) >= 11 is 0. The van der Waals surface area contributed by atoms with Crippen molar-refractivity contribution in [2.45, 2.75) is 45.8 Å². The van der Waals surface area contributed by atoms with Gasteiger partial charge in [-0.3, -0.25) is 9.69 Å². The van der Waals surface area contributed by atoms with Crippen molar-refractivity contribution in [3.8, 4) is 0 Å². The van der Waals surface area contributed by atoms with Crippen LogP contribution in [0.3, 0.4) is 0 Å². The van der Waals surface area contributed by atoms with Gasteiger partial charge in [0.25, 0.3) is 0 Å². The molecule has 1 amide bonds. The molecule has 1 spiro atoms. The summed E-state index contributed by atoms with van der Waals surface area (Å²) in [6.07, 6.45) is 1.53. The van der Waals surface area contributed by atoms with E-state index in [2.05, 4.69) is 10.2 Å². The maximum Gasteiger partial charge on any atom is 0.336 e. The zero-order chi connectivity index (χ0) is 19.2. The number of aryl methyl sites for hydroxylation is 2. The van der Waals surface area contributed by atoms with E-state index in [0.29, 0.717) is 44.6 Å². The van der Waals surface area contributed by atoms with Crippen molar-refractivity contribution in [2.75, 3.05) is 19.6 Å². The fourth-order valence-corrected chi connectivity index (χ4v) is 4.71. The van der Waals surface area contributed by atoms with Crippen LogP contribution in [0.2, 0.25) is 0 Å². The molecule has 0 unspecified atom stereocenters. The lowest BCUT2D eigenvalue weighted by atomic mass is 9.71. The fourth-order valence-electron chi connectivity index (χ4n) is 4.71. The molecule has 0 radical (unpaired) electrons. The minimum Gasteiger partial charge on any atom is -0.422 e. The summed E-state index contributed by atoms with van der Waals surface area (Å²) in [6.45, 7) is 6.42. The number of piperidine rings is 2. The molecule has 2 saturated heterocycles. The Morgan fingerprint density at radius 3 is 2.89 bits per heavy atom. The van der Waals surface area contributed by atoms with Crippen LogP contribution >= 0.6 is 0 Å². The standard InChI is InChI=1S/C21H26N2O4/c1-13-8-14(2)19-16(9-13)15(10-18(25)27-19)11-23-7-4-17(24)21(12-23)5-3-6-22-20(21)26/h8-10,17,24H,3-7,11-12H2,1-2H3,(H,22,26)/t17-,21+/m0/s1. The number of aliphatic hydroxyl groups excluding tert-OH is 1. The van der Waals surface area contributed by atoms with Crippen molar-refractivity contribution >= 4 is 16.9 Å². The van der Waals surface area contributed by atoms with E-state index >= 15 is 0 Å². The van der Waals surface area contributed by atoms with E-state index in [0.717, 1.165) is 28.5 Å².